The Balaban J connectivity index is 0.00000121. The molecule has 100 valence electrons. The molecule has 0 fully saturated rings. The molecule has 0 saturated carbocycles. The van der Waals surface area contributed by atoms with Crippen molar-refractivity contribution in [2.45, 2.75) is 0 Å². The van der Waals surface area contributed by atoms with E-state index in [0.29, 0.717) is 0 Å². The molecule has 0 aliphatic rings. The predicted molar refractivity (Wildman–Crippen MR) is 94.0 cm³/mol. The molecule has 0 amide bonds. The van der Waals surface area contributed by atoms with Gasteiger partial charge in [-0.05, 0) is 28.1 Å². The van der Waals surface area contributed by atoms with Gasteiger partial charge in [-0.1, -0.05) is 53.8 Å². The lowest BCUT2D eigenvalue weighted by Crippen LogP contribution is -1.81. The molecule has 2 heterocycles. The number of para-hydroxylation sites is 1. The minimum atomic E-state index is 0. The minimum Gasteiger partial charge on any atom is -0.277 e. The molecule has 2 nitrogen and oxygen atoms in total. The van der Waals surface area contributed by atoms with Crippen molar-refractivity contribution in [1.29, 1.82) is 0 Å². The number of nitrogens with zero attached hydrogens (tertiary/aromatic N) is 2. The normalized spacial score (nSPS) is 10.8. The number of thiazole rings is 1. The first-order valence-electron chi connectivity index (χ1n) is 5.95. The van der Waals surface area contributed by atoms with Crippen LogP contribution in [0.15, 0.2) is 59.2 Å². The summed E-state index contributed by atoms with van der Waals surface area (Å²) in [6, 6.07) is 18.6. The summed E-state index contributed by atoms with van der Waals surface area (Å²) < 4.78 is 4.44. The van der Waals surface area contributed by atoms with E-state index in [1.165, 1.54) is 10.2 Å². The summed E-state index contributed by atoms with van der Waals surface area (Å²) in [5.74, 6) is 0. The molecule has 0 radical (unpaired) electrons. The molecule has 0 N–H and O–H groups in total. The van der Waals surface area contributed by atoms with Crippen LogP contribution >= 0.6 is 44.2 Å². The van der Waals surface area contributed by atoms with E-state index < -0.39 is 0 Å². The van der Waals surface area contributed by atoms with Crippen molar-refractivity contribution in [1.82, 2.24) is 9.38 Å². The van der Waals surface area contributed by atoms with E-state index in [9.17, 15) is 0 Å². The molecule has 4 aromatic rings. The number of rotatable bonds is 1. The molecule has 0 aliphatic heterocycles. The Hall–Kier alpha value is -1.17. The molecule has 0 unspecified atom stereocenters. The van der Waals surface area contributed by atoms with Gasteiger partial charge in [0.25, 0.3) is 0 Å². The molecule has 2 aromatic carbocycles. The van der Waals surface area contributed by atoms with Crippen molar-refractivity contribution < 1.29 is 0 Å². The number of aromatic nitrogens is 2. The molecule has 0 spiro atoms. The van der Waals surface area contributed by atoms with Gasteiger partial charge in [-0.3, -0.25) is 4.40 Å². The first kappa shape index (κ1) is 13.8. The predicted octanol–water partition coefficient (Wildman–Crippen LogP) is 5.56. The third-order valence-electron chi connectivity index (χ3n) is 3.15. The number of benzene rings is 2. The van der Waals surface area contributed by atoms with E-state index in [1.807, 2.05) is 18.2 Å². The molecule has 0 aliphatic carbocycles. The van der Waals surface area contributed by atoms with Gasteiger partial charge < -0.3 is 0 Å². The fourth-order valence-corrected chi connectivity index (χ4v) is 4.08. The van der Waals surface area contributed by atoms with Gasteiger partial charge in [0.05, 0.1) is 10.2 Å². The number of halogens is 2. The zero-order valence-electron chi connectivity index (χ0n) is 10.3. The van der Waals surface area contributed by atoms with Gasteiger partial charge in [-0.15, -0.1) is 17.0 Å². The fourth-order valence-electron chi connectivity index (χ4n) is 2.27. The van der Waals surface area contributed by atoms with Crippen molar-refractivity contribution in [3.63, 3.8) is 0 Å². The topological polar surface area (TPSA) is 17.3 Å². The van der Waals surface area contributed by atoms with Gasteiger partial charge in [-0.2, -0.15) is 0 Å². The standard InChI is InChI=1S/C15H9BrN2S.BrH/c16-14-13(10-6-2-1-3-7-10)17-15-18(14)11-8-4-5-9-12(11)19-15;/h1-9H;1H. The van der Waals surface area contributed by atoms with Crippen LogP contribution in [0.25, 0.3) is 26.4 Å². The van der Waals surface area contributed by atoms with Crippen LogP contribution in [0.5, 0.6) is 0 Å². The third-order valence-corrected chi connectivity index (χ3v) is 4.90. The quantitative estimate of drug-likeness (QED) is 0.402. The lowest BCUT2D eigenvalue weighted by molar-refractivity contribution is 1.25. The van der Waals surface area contributed by atoms with Gasteiger partial charge in [0, 0.05) is 5.56 Å². The summed E-state index contributed by atoms with van der Waals surface area (Å²) in [5, 5.41) is 0. The zero-order valence-corrected chi connectivity index (χ0v) is 14.4. The van der Waals surface area contributed by atoms with E-state index in [0.717, 1.165) is 20.8 Å². The lowest BCUT2D eigenvalue weighted by Gasteiger charge is -1.98. The molecular formula is C15H10Br2N2S. The highest BCUT2D eigenvalue weighted by atomic mass is 79.9. The zero-order chi connectivity index (χ0) is 12.8. The third kappa shape index (κ3) is 2.01. The highest BCUT2D eigenvalue weighted by Gasteiger charge is 2.15. The molecule has 5 heteroatoms. The van der Waals surface area contributed by atoms with Crippen LogP contribution in [0.3, 0.4) is 0 Å². The number of hydrogen-bond donors (Lipinski definition) is 0. The van der Waals surface area contributed by atoms with Crippen LogP contribution in [0.4, 0.5) is 0 Å². The van der Waals surface area contributed by atoms with E-state index in [1.54, 1.807) is 11.3 Å². The summed E-state index contributed by atoms with van der Waals surface area (Å²) >= 11 is 5.41. The van der Waals surface area contributed by atoms with E-state index in [2.05, 4.69) is 56.7 Å². The number of fused-ring (bicyclic) bond motifs is 3. The maximum absolute atomic E-state index is 4.75. The Morgan fingerprint density at radius 3 is 2.45 bits per heavy atom. The Morgan fingerprint density at radius 1 is 0.950 bits per heavy atom. The maximum atomic E-state index is 4.75. The first-order valence-corrected chi connectivity index (χ1v) is 7.56. The second kappa shape index (κ2) is 5.31. The Morgan fingerprint density at radius 2 is 1.65 bits per heavy atom. The second-order valence-corrected chi connectivity index (χ2v) is 6.07. The summed E-state index contributed by atoms with van der Waals surface area (Å²) in [4.78, 5) is 5.77. The molecule has 0 bridgehead atoms. The monoisotopic (exact) mass is 408 g/mol. The molecular weight excluding hydrogens is 400 g/mol. The maximum Gasteiger partial charge on any atom is 0.196 e. The van der Waals surface area contributed by atoms with Gasteiger partial charge in [0.2, 0.25) is 0 Å². The SMILES string of the molecule is Br.Brc1c(-c2ccccc2)nc2sc3ccccc3n12. The van der Waals surface area contributed by atoms with Crippen molar-refractivity contribution in [2.24, 2.45) is 0 Å². The van der Waals surface area contributed by atoms with Crippen LogP contribution in [-0.4, -0.2) is 9.38 Å². The Bertz CT molecular complexity index is 881. The van der Waals surface area contributed by atoms with Gasteiger partial charge >= 0.3 is 0 Å². The Kier molecular flexibility index (Phi) is 3.67. The molecule has 0 atom stereocenters. The van der Waals surface area contributed by atoms with E-state index in [4.69, 9.17) is 4.98 Å². The summed E-state index contributed by atoms with van der Waals surface area (Å²) in [7, 11) is 0. The van der Waals surface area contributed by atoms with Gasteiger partial charge in [0.1, 0.15) is 10.3 Å². The highest BCUT2D eigenvalue weighted by Crippen LogP contribution is 2.35. The van der Waals surface area contributed by atoms with Gasteiger partial charge in [0.15, 0.2) is 4.96 Å². The fraction of sp³-hybridized carbons (Fsp3) is 0. The van der Waals surface area contributed by atoms with Crippen molar-refractivity contribution >= 4 is 59.4 Å². The van der Waals surface area contributed by atoms with Crippen LogP contribution < -0.4 is 0 Å². The average molecular weight is 410 g/mol. The smallest absolute Gasteiger partial charge is 0.196 e. The van der Waals surface area contributed by atoms with Crippen LogP contribution in [-0.2, 0) is 0 Å². The average Bonchev–Trinajstić information content (AvgIpc) is 2.97. The Labute approximate surface area is 139 Å². The van der Waals surface area contributed by atoms with E-state index in [-0.39, 0.29) is 17.0 Å². The molecule has 0 saturated heterocycles. The number of hydrogen-bond acceptors (Lipinski definition) is 2. The minimum absolute atomic E-state index is 0. The summed E-state index contributed by atoms with van der Waals surface area (Å²) in [6.07, 6.45) is 0. The summed E-state index contributed by atoms with van der Waals surface area (Å²) in [6.45, 7) is 0. The van der Waals surface area contributed by atoms with Crippen molar-refractivity contribution in [3.05, 3.63) is 59.2 Å². The van der Waals surface area contributed by atoms with Crippen LogP contribution in [0.1, 0.15) is 0 Å². The second-order valence-electron chi connectivity index (χ2n) is 4.31. The number of imidazole rings is 1. The van der Waals surface area contributed by atoms with Crippen LogP contribution in [0.2, 0.25) is 0 Å². The van der Waals surface area contributed by atoms with Crippen molar-refractivity contribution in [2.75, 3.05) is 0 Å². The van der Waals surface area contributed by atoms with Gasteiger partial charge in [-0.25, -0.2) is 4.98 Å². The largest absolute Gasteiger partial charge is 0.277 e. The van der Waals surface area contributed by atoms with Crippen LogP contribution in [0, 0.1) is 0 Å². The van der Waals surface area contributed by atoms with E-state index >= 15 is 0 Å². The lowest BCUT2D eigenvalue weighted by atomic mass is 10.2. The molecule has 4 rings (SSSR count). The van der Waals surface area contributed by atoms with Crippen molar-refractivity contribution in [3.8, 4) is 11.3 Å². The molecule has 2 aromatic heterocycles. The first-order chi connectivity index (χ1) is 9.34. The highest BCUT2D eigenvalue weighted by molar-refractivity contribution is 9.10. The molecule has 20 heavy (non-hydrogen) atoms. The summed E-state index contributed by atoms with van der Waals surface area (Å²) in [5.41, 5.74) is 3.33.